The standard InChI is InChI=1S/C11H14ClNO2/c1-7-4-8(6-13-10(7)12)11(2,3)5-9(14)15/h4,6H,5H2,1-3H3,(H,14,15). The lowest BCUT2D eigenvalue weighted by Gasteiger charge is -2.23. The molecule has 0 aromatic carbocycles. The first-order valence-electron chi connectivity index (χ1n) is 4.67. The lowest BCUT2D eigenvalue weighted by molar-refractivity contribution is -0.138. The van der Waals surface area contributed by atoms with E-state index in [0.29, 0.717) is 5.15 Å². The first-order chi connectivity index (χ1) is 6.83. The fourth-order valence-electron chi connectivity index (χ4n) is 1.41. The van der Waals surface area contributed by atoms with Crippen LogP contribution in [0.3, 0.4) is 0 Å². The van der Waals surface area contributed by atoms with Gasteiger partial charge in [0.15, 0.2) is 0 Å². The average molecular weight is 228 g/mol. The summed E-state index contributed by atoms with van der Waals surface area (Å²) in [5, 5.41) is 9.25. The molecule has 4 heteroatoms. The number of halogens is 1. The summed E-state index contributed by atoms with van der Waals surface area (Å²) in [5.41, 5.74) is 1.34. The SMILES string of the molecule is Cc1cc(C(C)(C)CC(=O)O)cnc1Cl. The first kappa shape index (κ1) is 12.0. The largest absolute Gasteiger partial charge is 0.481 e. The summed E-state index contributed by atoms with van der Waals surface area (Å²) in [4.78, 5) is 14.7. The Balaban J connectivity index is 3.04. The molecule has 0 spiro atoms. The van der Waals surface area contributed by atoms with Gasteiger partial charge < -0.3 is 5.11 Å². The molecule has 0 fully saturated rings. The van der Waals surface area contributed by atoms with Crippen LogP contribution >= 0.6 is 11.6 Å². The van der Waals surface area contributed by atoms with Gasteiger partial charge in [-0.15, -0.1) is 0 Å². The van der Waals surface area contributed by atoms with Gasteiger partial charge in [-0.1, -0.05) is 31.5 Å². The number of carboxylic acids is 1. The van der Waals surface area contributed by atoms with Gasteiger partial charge in [-0.3, -0.25) is 4.79 Å². The lowest BCUT2D eigenvalue weighted by atomic mass is 9.82. The molecule has 0 aliphatic carbocycles. The van der Waals surface area contributed by atoms with Crippen LogP contribution in [-0.2, 0) is 10.2 Å². The van der Waals surface area contributed by atoms with E-state index in [1.165, 1.54) is 0 Å². The van der Waals surface area contributed by atoms with Gasteiger partial charge in [-0.2, -0.15) is 0 Å². The normalized spacial score (nSPS) is 11.5. The predicted molar refractivity (Wildman–Crippen MR) is 59.3 cm³/mol. The molecule has 1 N–H and O–H groups in total. The number of aliphatic carboxylic acids is 1. The van der Waals surface area contributed by atoms with Crippen LogP contribution in [0.25, 0.3) is 0 Å². The molecule has 0 unspecified atom stereocenters. The summed E-state index contributed by atoms with van der Waals surface area (Å²) in [6.45, 7) is 5.62. The van der Waals surface area contributed by atoms with E-state index in [0.717, 1.165) is 11.1 Å². The van der Waals surface area contributed by atoms with Crippen molar-refractivity contribution in [3.8, 4) is 0 Å². The zero-order chi connectivity index (χ0) is 11.6. The summed E-state index contributed by atoms with van der Waals surface area (Å²) in [6.07, 6.45) is 1.72. The minimum Gasteiger partial charge on any atom is -0.481 e. The monoisotopic (exact) mass is 227 g/mol. The zero-order valence-corrected chi connectivity index (χ0v) is 9.80. The molecule has 0 amide bonds. The van der Waals surface area contributed by atoms with E-state index in [4.69, 9.17) is 16.7 Å². The fourth-order valence-corrected chi connectivity index (χ4v) is 1.51. The Kier molecular flexibility index (Phi) is 3.35. The van der Waals surface area contributed by atoms with Crippen molar-refractivity contribution in [1.29, 1.82) is 0 Å². The van der Waals surface area contributed by atoms with Crippen molar-refractivity contribution in [2.24, 2.45) is 0 Å². The maximum atomic E-state index is 10.7. The van der Waals surface area contributed by atoms with Crippen LogP contribution in [0, 0.1) is 6.92 Å². The van der Waals surface area contributed by atoms with Crippen molar-refractivity contribution < 1.29 is 9.90 Å². The number of aromatic nitrogens is 1. The molecule has 0 aliphatic rings. The van der Waals surface area contributed by atoms with Gasteiger partial charge >= 0.3 is 5.97 Å². The number of hydrogen-bond donors (Lipinski definition) is 1. The quantitative estimate of drug-likeness (QED) is 0.808. The molecule has 0 saturated heterocycles. The Bertz CT molecular complexity index is 388. The van der Waals surface area contributed by atoms with Crippen molar-refractivity contribution in [2.45, 2.75) is 32.6 Å². The van der Waals surface area contributed by atoms with Crippen LogP contribution in [0.4, 0.5) is 0 Å². The van der Waals surface area contributed by atoms with Crippen LogP contribution in [0.15, 0.2) is 12.3 Å². The summed E-state index contributed by atoms with van der Waals surface area (Å²) < 4.78 is 0. The third-order valence-electron chi connectivity index (χ3n) is 2.39. The Morgan fingerprint density at radius 2 is 2.20 bits per heavy atom. The summed E-state index contributed by atoms with van der Waals surface area (Å²) in [7, 11) is 0. The fraction of sp³-hybridized carbons (Fsp3) is 0.455. The number of carbonyl (C=O) groups is 1. The molecule has 0 aliphatic heterocycles. The van der Waals surface area contributed by atoms with E-state index in [1.807, 2.05) is 26.8 Å². The molecule has 1 heterocycles. The van der Waals surface area contributed by atoms with E-state index >= 15 is 0 Å². The summed E-state index contributed by atoms with van der Waals surface area (Å²) in [6, 6.07) is 1.89. The van der Waals surface area contributed by atoms with Crippen molar-refractivity contribution in [1.82, 2.24) is 4.98 Å². The second-order valence-corrected chi connectivity index (χ2v) is 4.64. The highest BCUT2D eigenvalue weighted by atomic mass is 35.5. The third kappa shape index (κ3) is 2.93. The highest BCUT2D eigenvalue weighted by Gasteiger charge is 2.24. The predicted octanol–water partition coefficient (Wildman–Crippen LogP) is 2.80. The van der Waals surface area contributed by atoms with Crippen LogP contribution in [0.5, 0.6) is 0 Å². The van der Waals surface area contributed by atoms with Crippen LogP contribution in [-0.4, -0.2) is 16.1 Å². The van der Waals surface area contributed by atoms with Crippen LogP contribution < -0.4 is 0 Å². The lowest BCUT2D eigenvalue weighted by Crippen LogP contribution is -2.22. The molecule has 0 bridgehead atoms. The summed E-state index contributed by atoms with van der Waals surface area (Å²) in [5.74, 6) is -0.812. The smallest absolute Gasteiger partial charge is 0.304 e. The van der Waals surface area contributed by atoms with Gasteiger partial charge in [0.25, 0.3) is 0 Å². The van der Waals surface area contributed by atoms with E-state index in [-0.39, 0.29) is 6.42 Å². The van der Waals surface area contributed by atoms with Gasteiger partial charge in [0.1, 0.15) is 5.15 Å². The highest BCUT2D eigenvalue weighted by molar-refractivity contribution is 6.30. The van der Waals surface area contributed by atoms with E-state index in [9.17, 15) is 4.79 Å². The van der Waals surface area contributed by atoms with Crippen molar-refractivity contribution in [2.75, 3.05) is 0 Å². The number of nitrogens with zero attached hydrogens (tertiary/aromatic N) is 1. The van der Waals surface area contributed by atoms with Crippen molar-refractivity contribution in [3.63, 3.8) is 0 Å². The van der Waals surface area contributed by atoms with Crippen molar-refractivity contribution in [3.05, 3.63) is 28.5 Å². The molecule has 0 atom stereocenters. The molecule has 0 saturated carbocycles. The Morgan fingerprint density at radius 3 is 2.67 bits per heavy atom. The van der Waals surface area contributed by atoms with Crippen LogP contribution in [0.2, 0.25) is 5.15 Å². The third-order valence-corrected chi connectivity index (χ3v) is 2.78. The van der Waals surface area contributed by atoms with E-state index < -0.39 is 11.4 Å². The number of hydrogen-bond acceptors (Lipinski definition) is 2. The molecule has 1 aromatic rings. The minimum atomic E-state index is -0.812. The maximum Gasteiger partial charge on any atom is 0.304 e. The van der Waals surface area contributed by atoms with Crippen molar-refractivity contribution >= 4 is 17.6 Å². The molecule has 1 aromatic heterocycles. The molecule has 82 valence electrons. The molecule has 1 rings (SSSR count). The van der Waals surface area contributed by atoms with Gasteiger partial charge in [0, 0.05) is 11.6 Å². The van der Waals surface area contributed by atoms with Gasteiger partial charge in [0.05, 0.1) is 6.42 Å². The Morgan fingerprint density at radius 1 is 1.60 bits per heavy atom. The minimum absolute atomic E-state index is 0.0791. The van der Waals surface area contributed by atoms with Gasteiger partial charge in [-0.05, 0) is 18.1 Å². The molecule has 0 radical (unpaired) electrons. The number of carboxylic acid groups (broad SMARTS) is 1. The maximum absolute atomic E-state index is 10.7. The molecule has 15 heavy (non-hydrogen) atoms. The molecular weight excluding hydrogens is 214 g/mol. The number of pyridine rings is 1. The average Bonchev–Trinajstić information content (AvgIpc) is 2.07. The number of rotatable bonds is 3. The molecular formula is C11H14ClNO2. The first-order valence-corrected chi connectivity index (χ1v) is 5.05. The van der Waals surface area contributed by atoms with E-state index in [2.05, 4.69) is 4.98 Å². The van der Waals surface area contributed by atoms with E-state index in [1.54, 1.807) is 6.20 Å². The number of aryl methyl sites for hydroxylation is 1. The van der Waals surface area contributed by atoms with Gasteiger partial charge in [-0.25, -0.2) is 4.98 Å². The zero-order valence-electron chi connectivity index (χ0n) is 9.04. The Labute approximate surface area is 94.1 Å². The molecule has 3 nitrogen and oxygen atoms in total. The highest BCUT2D eigenvalue weighted by Crippen LogP contribution is 2.28. The van der Waals surface area contributed by atoms with Gasteiger partial charge in [0.2, 0.25) is 0 Å². The van der Waals surface area contributed by atoms with Crippen LogP contribution in [0.1, 0.15) is 31.4 Å². The Hall–Kier alpha value is -1.09. The summed E-state index contributed by atoms with van der Waals surface area (Å²) >= 11 is 5.81. The second-order valence-electron chi connectivity index (χ2n) is 4.29. The second kappa shape index (κ2) is 4.19. The topological polar surface area (TPSA) is 50.2 Å².